The summed E-state index contributed by atoms with van der Waals surface area (Å²) in [6, 6.07) is -1.53. The maximum absolute atomic E-state index is 12.0. The lowest BCUT2D eigenvalue weighted by atomic mass is 10.2. The largest absolute Gasteiger partial charge is 0.480 e. The van der Waals surface area contributed by atoms with Crippen molar-refractivity contribution in [2.75, 3.05) is 10.2 Å². The maximum atomic E-state index is 12.0. The number of carbonyl (C=O) groups is 3. The first-order valence-electron chi connectivity index (χ1n) is 8.50. The van der Waals surface area contributed by atoms with E-state index in [1.165, 1.54) is 35.1 Å². The molecule has 0 radical (unpaired) electrons. The summed E-state index contributed by atoms with van der Waals surface area (Å²) in [5, 5.41) is 14.9. The summed E-state index contributed by atoms with van der Waals surface area (Å²) in [5.41, 5.74) is 7.80. The Morgan fingerprint density at radius 3 is 2.17 bits per heavy atom. The molecule has 2 atom stereocenters. The summed E-state index contributed by atoms with van der Waals surface area (Å²) < 4.78 is 5.18. The van der Waals surface area contributed by atoms with Crippen molar-refractivity contribution in [2.24, 2.45) is 5.73 Å². The van der Waals surface area contributed by atoms with Crippen LogP contribution >= 0.6 is 22.7 Å². The number of aromatic nitrogens is 2. The summed E-state index contributed by atoms with van der Waals surface area (Å²) in [6.07, 6.45) is -0.719. The van der Waals surface area contributed by atoms with Gasteiger partial charge in [-0.05, 0) is 34.6 Å². The van der Waals surface area contributed by atoms with Crippen molar-refractivity contribution >= 4 is 52.3 Å². The lowest BCUT2D eigenvalue weighted by molar-refractivity contribution is -0.138. The van der Waals surface area contributed by atoms with Gasteiger partial charge in [-0.15, -0.1) is 22.7 Å². The molecule has 2 heterocycles. The normalized spacial score (nSPS) is 12.8. The fourth-order valence-electron chi connectivity index (χ4n) is 1.71. The molecule has 0 aliphatic rings. The van der Waals surface area contributed by atoms with Gasteiger partial charge >= 0.3 is 12.1 Å². The number of nitrogens with one attached hydrogen (secondary N) is 1. The number of hydrogen-bond acceptors (Lipinski definition) is 9. The number of carbonyl (C=O) groups excluding carboxylic acids is 2. The zero-order valence-electron chi connectivity index (χ0n) is 16.8. The molecule has 160 valence electrons. The molecule has 2 aromatic rings. The van der Waals surface area contributed by atoms with E-state index in [1.54, 1.807) is 44.0 Å². The van der Waals surface area contributed by atoms with Crippen molar-refractivity contribution in [3.8, 4) is 0 Å². The molecule has 10 nitrogen and oxygen atoms in total. The SMILES string of the molecule is C[C@@H](C(=O)O)N(C(=O)OC(C)(C)C)c1cscn1.C[C@H](N)C(=O)Nc1cscn1. The smallest absolute Gasteiger partial charge is 0.416 e. The number of thiazole rings is 2. The van der Waals surface area contributed by atoms with Gasteiger partial charge in [0.2, 0.25) is 5.91 Å². The average Bonchev–Trinajstić information content (AvgIpc) is 3.27. The highest BCUT2D eigenvalue weighted by Crippen LogP contribution is 2.20. The van der Waals surface area contributed by atoms with Gasteiger partial charge in [-0.25, -0.2) is 24.5 Å². The Balaban J connectivity index is 0.000000326. The number of carboxylic acids is 1. The Labute approximate surface area is 176 Å². The van der Waals surface area contributed by atoms with Gasteiger partial charge in [0.25, 0.3) is 0 Å². The summed E-state index contributed by atoms with van der Waals surface area (Å²) in [6.45, 7) is 8.19. The van der Waals surface area contributed by atoms with Crippen molar-refractivity contribution < 1.29 is 24.2 Å². The molecular formula is C17H25N5O5S2. The fraction of sp³-hybridized carbons (Fsp3) is 0.471. The summed E-state index contributed by atoms with van der Waals surface area (Å²) in [7, 11) is 0. The predicted molar refractivity (Wildman–Crippen MR) is 112 cm³/mol. The van der Waals surface area contributed by atoms with E-state index in [0.717, 1.165) is 4.90 Å². The molecule has 0 aliphatic carbocycles. The van der Waals surface area contributed by atoms with Crippen molar-refractivity contribution in [3.63, 3.8) is 0 Å². The van der Waals surface area contributed by atoms with Crippen LogP contribution in [0, 0.1) is 0 Å². The second kappa shape index (κ2) is 10.8. The molecule has 2 aromatic heterocycles. The van der Waals surface area contributed by atoms with Crippen LogP contribution < -0.4 is 16.0 Å². The molecule has 0 bridgehead atoms. The highest BCUT2D eigenvalue weighted by Gasteiger charge is 2.32. The Morgan fingerprint density at radius 2 is 1.76 bits per heavy atom. The zero-order valence-corrected chi connectivity index (χ0v) is 18.4. The van der Waals surface area contributed by atoms with E-state index >= 15 is 0 Å². The van der Waals surface area contributed by atoms with Crippen molar-refractivity contribution in [1.82, 2.24) is 9.97 Å². The van der Waals surface area contributed by atoms with Gasteiger partial charge in [0, 0.05) is 10.8 Å². The number of ether oxygens (including phenoxy) is 1. The second-order valence-corrected chi connectivity index (χ2v) is 8.30. The van der Waals surface area contributed by atoms with Gasteiger partial charge < -0.3 is 20.9 Å². The lowest BCUT2D eigenvalue weighted by Crippen LogP contribution is -2.46. The highest BCUT2D eigenvalue weighted by molar-refractivity contribution is 7.08. The number of nitrogens with zero attached hydrogens (tertiary/aromatic N) is 3. The molecule has 4 N–H and O–H groups in total. The molecule has 0 saturated heterocycles. The van der Waals surface area contributed by atoms with Crippen LogP contribution in [0.25, 0.3) is 0 Å². The molecule has 29 heavy (non-hydrogen) atoms. The number of nitrogens with two attached hydrogens (primary N) is 1. The van der Waals surface area contributed by atoms with Crippen LogP contribution in [0.4, 0.5) is 16.4 Å². The minimum atomic E-state index is -1.12. The third-order valence-electron chi connectivity index (χ3n) is 3.10. The first-order chi connectivity index (χ1) is 13.4. The van der Waals surface area contributed by atoms with Crippen LogP contribution in [0.3, 0.4) is 0 Å². The summed E-state index contributed by atoms with van der Waals surface area (Å²) >= 11 is 2.71. The van der Waals surface area contributed by atoms with Gasteiger partial charge in [0.1, 0.15) is 23.3 Å². The Kier molecular flexibility index (Phi) is 9.14. The maximum Gasteiger partial charge on any atom is 0.416 e. The van der Waals surface area contributed by atoms with E-state index < -0.39 is 29.7 Å². The van der Waals surface area contributed by atoms with E-state index in [2.05, 4.69) is 15.3 Å². The third kappa shape index (κ3) is 8.54. The molecule has 12 heteroatoms. The minimum absolute atomic E-state index is 0.212. The first-order valence-corrected chi connectivity index (χ1v) is 10.4. The van der Waals surface area contributed by atoms with Gasteiger partial charge in [-0.3, -0.25) is 4.79 Å². The van der Waals surface area contributed by atoms with Crippen molar-refractivity contribution in [1.29, 1.82) is 0 Å². The first kappa shape index (κ1) is 24.5. The van der Waals surface area contributed by atoms with Gasteiger partial charge in [0.05, 0.1) is 17.1 Å². The molecule has 0 unspecified atom stereocenters. The van der Waals surface area contributed by atoms with E-state index in [0.29, 0.717) is 5.82 Å². The number of anilines is 2. The Morgan fingerprint density at radius 1 is 1.17 bits per heavy atom. The Bertz CT molecular complexity index is 788. The van der Waals surface area contributed by atoms with E-state index in [9.17, 15) is 14.4 Å². The lowest BCUT2D eigenvalue weighted by Gasteiger charge is -2.28. The van der Waals surface area contributed by atoms with Crippen LogP contribution in [-0.4, -0.2) is 50.7 Å². The third-order valence-corrected chi connectivity index (χ3v) is 4.26. The van der Waals surface area contributed by atoms with Gasteiger partial charge in [0.15, 0.2) is 0 Å². The highest BCUT2D eigenvalue weighted by atomic mass is 32.1. The quantitative estimate of drug-likeness (QED) is 0.639. The molecule has 0 aliphatic heterocycles. The summed E-state index contributed by atoms with van der Waals surface area (Å²) in [5.74, 6) is -0.480. The van der Waals surface area contributed by atoms with Crippen molar-refractivity contribution in [3.05, 3.63) is 21.8 Å². The number of rotatable bonds is 5. The van der Waals surface area contributed by atoms with Crippen LogP contribution in [0.2, 0.25) is 0 Å². The van der Waals surface area contributed by atoms with Gasteiger partial charge in [-0.2, -0.15) is 0 Å². The van der Waals surface area contributed by atoms with Crippen LogP contribution in [0.1, 0.15) is 34.6 Å². The average molecular weight is 444 g/mol. The monoisotopic (exact) mass is 443 g/mol. The molecule has 0 saturated carbocycles. The van der Waals surface area contributed by atoms with Crippen LogP contribution in [0.15, 0.2) is 21.8 Å². The topological polar surface area (TPSA) is 148 Å². The standard InChI is InChI=1S/C11H16N2O4S.C6H9N3OS/c1-7(9(14)15)13(8-5-18-6-12-8)10(16)17-11(2,3)4;1-4(7)6(10)9-5-2-11-3-8-5/h5-7H,1-4H3,(H,14,15);2-4H,7H2,1H3,(H,9,10)/t7-;4-/m00/s1. The molecular weight excluding hydrogens is 418 g/mol. The molecule has 0 aromatic carbocycles. The summed E-state index contributed by atoms with van der Waals surface area (Å²) in [4.78, 5) is 42.8. The fourth-order valence-corrected chi connectivity index (χ4v) is 2.72. The number of carboxylic acid groups (broad SMARTS) is 1. The number of amides is 2. The van der Waals surface area contributed by atoms with Gasteiger partial charge in [-0.1, -0.05) is 0 Å². The second-order valence-electron chi connectivity index (χ2n) is 6.86. The molecule has 2 amide bonds. The van der Waals surface area contributed by atoms with Crippen LogP contribution in [0.5, 0.6) is 0 Å². The van der Waals surface area contributed by atoms with Crippen LogP contribution in [-0.2, 0) is 14.3 Å². The molecule has 0 spiro atoms. The van der Waals surface area contributed by atoms with E-state index in [-0.39, 0.29) is 11.7 Å². The predicted octanol–water partition coefficient (Wildman–Crippen LogP) is 2.79. The minimum Gasteiger partial charge on any atom is -0.480 e. The number of hydrogen-bond donors (Lipinski definition) is 3. The molecule has 2 rings (SSSR count). The van der Waals surface area contributed by atoms with Crippen molar-refractivity contribution in [2.45, 2.75) is 52.3 Å². The number of aliphatic carboxylic acids is 1. The zero-order chi connectivity index (χ0) is 22.2. The van der Waals surface area contributed by atoms with E-state index in [4.69, 9.17) is 15.6 Å². The Hall–Kier alpha value is -2.57. The molecule has 0 fully saturated rings. The van der Waals surface area contributed by atoms with E-state index in [1.807, 2.05) is 0 Å².